The summed E-state index contributed by atoms with van der Waals surface area (Å²) in [5, 5.41) is 4.38. The highest BCUT2D eigenvalue weighted by atomic mass is 16.3. The molecule has 0 unspecified atom stereocenters. The summed E-state index contributed by atoms with van der Waals surface area (Å²) in [5.74, 6) is 0.977. The van der Waals surface area contributed by atoms with Crippen LogP contribution in [0.5, 0.6) is 0 Å². The molecule has 0 amide bonds. The smallest absolute Gasteiger partial charge is 0.137 e. The number of hydrogen-bond acceptors (Lipinski definition) is 3. The van der Waals surface area contributed by atoms with Crippen LogP contribution in [0, 0.1) is 0 Å². The van der Waals surface area contributed by atoms with Crippen LogP contribution in [0.1, 0.15) is 11.3 Å². The first-order valence-electron chi connectivity index (χ1n) is 12.9. The van der Waals surface area contributed by atoms with Crippen molar-refractivity contribution < 1.29 is 4.42 Å². The van der Waals surface area contributed by atoms with Gasteiger partial charge in [-0.1, -0.05) is 84.9 Å². The first-order valence-corrected chi connectivity index (χ1v) is 12.9. The number of nitrogens with zero attached hydrogens (tertiary/aromatic N) is 1. The summed E-state index contributed by atoms with van der Waals surface area (Å²) in [7, 11) is 0. The highest BCUT2D eigenvalue weighted by Gasteiger charge is 2.18. The first-order chi connectivity index (χ1) is 18.8. The van der Waals surface area contributed by atoms with E-state index in [0.717, 1.165) is 39.4 Å². The van der Waals surface area contributed by atoms with E-state index in [2.05, 4.69) is 132 Å². The largest absolute Gasteiger partial charge is 0.458 e. The van der Waals surface area contributed by atoms with Crippen LogP contribution in [0.25, 0.3) is 39.3 Å². The highest BCUT2D eigenvalue weighted by molar-refractivity contribution is 5.93. The van der Waals surface area contributed by atoms with E-state index in [1.165, 1.54) is 22.3 Å². The molecule has 38 heavy (non-hydrogen) atoms. The summed E-state index contributed by atoms with van der Waals surface area (Å²) in [4.78, 5) is 2.29. The Morgan fingerprint density at radius 3 is 1.66 bits per heavy atom. The third-order valence-electron chi connectivity index (χ3n) is 7.14. The molecule has 0 bridgehead atoms. The topological polar surface area (TPSA) is 28.4 Å². The molecule has 0 radical (unpaired) electrons. The lowest BCUT2D eigenvalue weighted by Gasteiger charge is -2.26. The Balaban J connectivity index is 1.32. The Labute approximate surface area is 222 Å². The van der Waals surface area contributed by atoms with Gasteiger partial charge in [0.1, 0.15) is 11.3 Å². The lowest BCUT2D eigenvalue weighted by Crippen LogP contribution is -2.09. The van der Waals surface area contributed by atoms with Crippen LogP contribution in [0.2, 0.25) is 0 Å². The molecule has 5 aromatic carbocycles. The van der Waals surface area contributed by atoms with Crippen molar-refractivity contribution in [2.45, 2.75) is 6.54 Å². The average Bonchev–Trinajstić information content (AvgIpc) is 3.37. The van der Waals surface area contributed by atoms with Crippen LogP contribution in [0.3, 0.4) is 0 Å². The van der Waals surface area contributed by atoms with Crippen LogP contribution in [-0.4, -0.2) is 0 Å². The molecule has 7 rings (SSSR count). The number of furan rings is 1. The Kier molecular flexibility index (Phi) is 5.52. The molecule has 2 heterocycles. The minimum absolute atomic E-state index is 0.710. The number of nitrogens with one attached hydrogen (secondary N) is 1. The fourth-order valence-electron chi connectivity index (χ4n) is 5.22. The quantitative estimate of drug-likeness (QED) is 0.261. The van der Waals surface area contributed by atoms with E-state index in [1.807, 2.05) is 18.3 Å². The minimum Gasteiger partial charge on any atom is -0.458 e. The molecular formula is C35H26N2O. The fourth-order valence-corrected chi connectivity index (χ4v) is 5.22. The van der Waals surface area contributed by atoms with Gasteiger partial charge in [-0.05, 0) is 70.9 Å². The maximum Gasteiger partial charge on any atom is 0.137 e. The minimum atomic E-state index is 0.710. The summed E-state index contributed by atoms with van der Waals surface area (Å²) in [6.07, 6.45) is 4.08. The van der Waals surface area contributed by atoms with Gasteiger partial charge in [0, 0.05) is 34.1 Å². The maximum atomic E-state index is 6.27. The summed E-state index contributed by atoms with van der Waals surface area (Å²) in [6.45, 7) is 0.710. The van der Waals surface area contributed by atoms with Gasteiger partial charge in [-0.25, -0.2) is 0 Å². The monoisotopic (exact) mass is 490 g/mol. The van der Waals surface area contributed by atoms with Crippen LogP contribution in [-0.2, 0) is 6.54 Å². The van der Waals surface area contributed by atoms with Crippen molar-refractivity contribution >= 4 is 34.1 Å². The van der Waals surface area contributed by atoms with E-state index in [4.69, 9.17) is 4.42 Å². The number of fused-ring (bicyclic) bond motifs is 3. The van der Waals surface area contributed by atoms with E-state index in [9.17, 15) is 0 Å². The van der Waals surface area contributed by atoms with Gasteiger partial charge in [0.25, 0.3) is 0 Å². The normalized spacial score (nSPS) is 12.2. The van der Waals surface area contributed by atoms with E-state index in [1.54, 1.807) is 0 Å². The standard InChI is InChI=1S/C35H26N2O/c1-3-7-25(8-4-1)27-11-15-29(16-12-27)37(30-17-13-28(14-18-30)26-9-5-2-6-10-26)31-19-20-32-33-21-22-36-24-35(33)38-34(32)23-31/h1-23,36H,24H2. The van der Waals surface area contributed by atoms with Crippen molar-refractivity contribution in [3.05, 3.63) is 145 Å². The van der Waals surface area contributed by atoms with E-state index in [0.29, 0.717) is 6.54 Å². The number of hydrogen-bond donors (Lipinski definition) is 1. The van der Waals surface area contributed by atoms with Crippen molar-refractivity contribution in [3.8, 4) is 22.3 Å². The maximum absolute atomic E-state index is 6.27. The first kappa shape index (κ1) is 22.2. The number of anilines is 3. The molecule has 1 aliphatic rings. The summed E-state index contributed by atoms with van der Waals surface area (Å²) in [5.41, 5.74) is 10.1. The summed E-state index contributed by atoms with van der Waals surface area (Å²) >= 11 is 0. The second-order valence-electron chi connectivity index (χ2n) is 9.49. The predicted octanol–water partition coefficient (Wildman–Crippen LogP) is 9.31. The summed E-state index contributed by atoms with van der Waals surface area (Å²) < 4.78 is 6.27. The molecule has 182 valence electrons. The average molecular weight is 491 g/mol. The molecule has 0 saturated heterocycles. The number of rotatable bonds is 5. The zero-order valence-electron chi connectivity index (χ0n) is 20.8. The van der Waals surface area contributed by atoms with Crippen LogP contribution >= 0.6 is 0 Å². The van der Waals surface area contributed by atoms with Crippen LogP contribution < -0.4 is 10.2 Å². The SMILES string of the molecule is C1=Cc2c(oc3cc(N(c4ccc(-c5ccccc5)cc4)c4ccc(-c5ccccc5)cc4)ccc23)CN1. The molecule has 0 fully saturated rings. The zero-order chi connectivity index (χ0) is 25.3. The fraction of sp³-hybridized carbons (Fsp3) is 0.0286. The molecule has 1 N–H and O–H groups in total. The van der Waals surface area contributed by atoms with Gasteiger partial charge in [0.2, 0.25) is 0 Å². The van der Waals surface area contributed by atoms with E-state index >= 15 is 0 Å². The van der Waals surface area contributed by atoms with Crippen molar-refractivity contribution in [2.75, 3.05) is 4.90 Å². The van der Waals surface area contributed by atoms with Crippen LogP contribution in [0.15, 0.2) is 138 Å². The van der Waals surface area contributed by atoms with Gasteiger partial charge >= 0.3 is 0 Å². The molecule has 1 aliphatic heterocycles. The van der Waals surface area contributed by atoms with Crippen molar-refractivity contribution in [2.24, 2.45) is 0 Å². The van der Waals surface area contributed by atoms with Gasteiger partial charge in [-0.3, -0.25) is 0 Å². The molecule has 0 spiro atoms. The van der Waals surface area contributed by atoms with Gasteiger partial charge in [0.15, 0.2) is 0 Å². The Morgan fingerprint density at radius 2 is 1.08 bits per heavy atom. The van der Waals surface area contributed by atoms with Gasteiger partial charge in [-0.2, -0.15) is 0 Å². The van der Waals surface area contributed by atoms with Crippen molar-refractivity contribution in [3.63, 3.8) is 0 Å². The number of benzene rings is 5. The molecular weight excluding hydrogens is 464 g/mol. The molecule has 6 aromatic rings. The van der Waals surface area contributed by atoms with Gasteiger partial charge in [-0.15, -0.1) is 0 Å². The predicted molar refractivity (Wildman–Crippen MR) is 158 cm³/mol. The Morgan fingerprint density at radius 1 is 0.553 bits per heavy atom. The highest BCUT2D eigenvalue weighted by Crippen LogP contribution is 2.39. The Hall–Kier alpha value is -5.02. The molecule has 3 heteroatoms. The van der Waals surface area contributed by atoms with E-state index < -0.39 is 0 Å². The van der Waals surface area contributed by atoms with Gasteiger partial charge < -0.3 is 14.6 Å². The van der Waals surface area contributed by atoms with Crippen molar-refractivity contribution in [1.82, 2.24) is 5.32 Å². The Bertz CT molecular complexity index is 1650. The lowest BCUT2D eigenvalue weighted by molar-refractivity contribution is 0.532. The zero-order valence-corrected chi connectivity index (χ0v) is 20.8. The lowest BCUT2D eigenvalue weighted by atomic mass is 10.0. The van der Waals surface area contributed by atoms with E-state index in [-0.39, 0.29) is 0 Å². The van der Waals surface area contributed by atoms with Crippen LogP contribution in [0.4, 0.5) is 17.1 Å². The molecule has 1 aromatic heterocycles. The molecule has 0 saturated carbocycles. The third-order valence-corrected chi connectivity index (χ3v) is 7.14. The second-order valence-corrected chi connectivity index (χ2v) is 9.49. The van der Waals surface area contributed by atoms with Gasteiger partial charge in [0.05, 0.1) is 6.54 Å². The summed E-state index contributed by atoms with van der Waals surface area (Å²) in [6, 6.07) is 45.0. The molecule has 0 aliphatic carbocycles. The molecule has 3 nitrogen and oxygen atoms in total. The second kappa shape index (κ2) is 9.45. The third kappa shape index (κ3) is 4.04. The van der Waals surface area contributed by atoms with Crippen molar-refractivity contribution in [1.29, 1.82) is 0 Å². The molecule has 0 atom stereocenters.